The normalized spacial score (nSPS) is 12.7. The number of benzene rings is 1. The fraction of sp³-hybridized carbons (Fsp3) is 0.182. The van der Waals surface area contributed by atoms with Gasteiger partial charge in [-0.1, -0.05) is 18.2 Å². The van der Waals surface area contributed by atoms with Gasteiger partial charge in [-0.2, -0.15) is 5.10 Å². The maximum atomic E-state index is 13.4. The standard InChI is InChI=1S/C11H10FN2/c1-9(14-8-4-7-13-14)10-5-2-3-6-11(10)12/h2-3,5-9H,1H3. The summed E-state index contributed by atoms with van der Waals surface area (Å²) in [5.41, 5.74) is 0.643. The van der Waals surface area contributed by atoms with Gasteiger partial charge >= 0.3 is 0 Å². The monoisotopic (exact) mass is 189 g/mol. The van der Waals surface area contributed by atoms with E-state index >= 15 is 0 Å². The molecule has 1 heterocycles. The van der Waals surface area contributed by atoms with Crippen molar-refractivity contribution in [3.05, 3.63) is 54.1 Å². The lowest BCUT2D eigenvalue weighted by Gasteiger charge is -2.12. The van der Waals surface area contributed by atoms with E-state index in [9.17, 15) is 4.39 Å². The van der Waals surface area contributed by atoms with Crippen molar-refractivity contribution in [2.24, 2.45) is 0 Å². The van der Waals surface area contributed by atoms with Crippen LogP contribution < -0.4 is 0 Å². The molecule has 1 radical (unpaired) electrons. The molecule has 2 nitrogen and oxygen atoms in total. The zero-order valence-corrected chi connectivity index (χ0v) is 7.81. The molecular weight excluding hydrogens is 179 g/mol. The van der Waals surface area contributed by atoms with Crippen molar-refractivity contribution in [2.75, 3.05) is 0 Å². The summed E-state index contributed by atoms with van der Waals surface area (Å²) >= 11 is 0. The average molecular weight is 189 g/mol. The molecule has 3 heteroatoms. The van der Waals surface area contributed by atoms with Crippen LogP contribution in [0.1, 0.15) is 18.5 Å². The highest BCUT2D eigenvalue weighted by Crippen LogP contribution is 2.19. The number of hydrogen-bond acceptors (Lipinski definition) is 1. The second-order valence-electron chi connectivity index (χ2n) is 3.12. The Hall–Kier alpha value is -1.64. The lowest BCUT2D eigenvalue weighted by Crippen LogP contribution is -2.08. The lowest BCUT2D eigenvalue weighted by atomic mass is 10.1. The Morgan fingerprint density at radius 3 is 2.86 bits per heavy atom. The minimum atomic E-state index is -0.199. The van der Waals surface area contributed by atoms with Gasteiger partial charge in [0.2, 0.25) is 0 Å². The Balaban J connectivity index is 2.37. The molecule has 0 fully saturated rings. The maximum absolute atomic E-state index is 13.4. The van der Waals surface area contributed by atoms with Crippen molar-refractivity contribution in [2.45, 2.75) is 13.0 Å². The highest BCUT2D eigenvalue weighted by atomic mass is 19.1. The number of aromatic nitrogens is 2. The van der Waals surface area contributed by atoms with Crippen molar-refractivity contribution in [3.8, 4) is 0 Å². The number of hydrogen-bond donors (Lipinski definition) is 0. The second-order valence-corrected chi connectivity index (χ2v) is 3.12. The molecule has 0 aliphatic carbocycles. The minimum Gasteiger partial charge on any atom is -0.265 e. The predicted octanol–water partition coefficient (Wildman–Crippen LogP) is 2.43. The Kier molecular flexibility index (Phi) is 2.31. The molecule has 1 unspecified atom stereocenters. The van der Waals surface area contributed by atoms with Crippen LogP contribution in [-0.2, 0) is 0 Å². The summed E-state index contributed by atoms with van der Waals surface area (Å²) in [6.07, 6.45) is 3.27. The molecule has 0 bridgehead atoms. The van der Waals surface area contributed by atoms with E-state index in [1.54, 1.807) is 29.2 Å². The molecule has 1 atom stereocenters. The highest BCUT2D eigenvalue weighted by molar-refractivity contribution is 5.21. The molecule has 0 N–H and O–H groups in total. The van der Waals surface area contributed by atoms with Gasteiger partial charge in [0, 0.05) is 17.8 Å². The van der Waals surface area contributed by atoms with Gasteiger partial charge in [-0.25, -0.2) is 4.39 Å². The maximum Gasteiger partial charge on any atom is 0.128 e. The summed E-state index contributed by atoms with van der Waals surface area (Å²) in [4.78, 5) is 0. The van der Waals surface area contributed by atoms with Crippen LogP contribution in [0.15, 0.2) is 36.7 Å². The fourth-order valence-corrected chi connectivity index (χ4v) is 1.41. The Bertz CT molecular complexity index is 409. The Labute approximate surface area is 82.0 Å². The van der Waals surface area contributed by atoms with Crippen molar-refractivity contribution in [1.29, 1.82) is 0 Å². The van der Waals surface area contributed by atoms with E-state index in [4.69, 9.17) is 0 Å². The first kappa shape index (κ1) is 8.94. The van der Waals surface area contributed by atoms with Gasteiger partial charge in [-0.15, -0.1) is 0 Å². The third kappa shape index (κ3) is 1.53. The van der Waals surface area contributed by atoms with E-state index in [0.29, 0.717) is 5.56 Å². The van der Waals surface area contributed by atoms with E-state index in [1.807, 2.05) is 13.0 Å². The van der Waals surface area contributed by atoms with Crippen LogP contribution in [0.5, 0.6) is 0 Å². The first-order valence-corrected chi connectivity index (χ1v) is 4.43. The first-order chi connectivity index (χ1) is 6.79. The molecule has 0 aliphatic heterocycles. The minimum absolute atomic E-state index is 0.0950. The van der Waals surface area contributed by atoms with Crippen LogP contribution in [-0.4, -0.2) is 9.78 Å². The molecule has 1 aromatic carbocycles. The van der Waals surface area contributed by atoms with Gasteiger partial charge < -0.3 is 0 Å². The number of rotatable bonds is 2. The van der Waals surface area contributed by atoms with E-state index in [2.05, 4.69) is 11.2 Å². The number of halogens is 1. The van der Waals surface area contributed by atoms with Crippen LogP contribution >= 0.6 is 0 Å². The molecule has 0 saturated carbocycles. The average Bonchev–Trinajstić information content (AvgIpc) is 2.70. The van der Waals surface area contributed by atoms with Crippen molar-refractivity contribution in [3.63, 3.8) is 0 Å². The summed E-state index contributed by atoms with van der Waals surface area (Å²) in [5, 5.41) is 4.03. The molecule has 2 aromatic rings. The summed E-state index contributed by atoms with van der Waals surface area (Å²) in [5.74, 6) is -0.199. The van der Waals surface area contributed by atoms with Gasteiger partial charge in [-0.3, -0.25) is 4.68 Å². The molecule has 0 amide bonds. The van der Waals surface area contributed by atoms with Crippen LogP contribution in [0, 0.1) is 11.9 Å². The number of nitrogens with zero attached hydrogens (tertiary/aromatic N) is 2. The highest BCUT2D eigenvalue weighted by Gasteiger charge is 2.11. The molecule has 14 heavy (non-hydrogen) atoms. The van der Waals surface area contributed by atoms with E-state index in [0.717, 1.165) is 0 Å². The zero-order chi connectivity index (χ0) is 9.97. The largest absolute Gasteiger partial charge is 0.265 e. The lowest BCUT2D eigenvalue weighted by molar-refractivity contribution is 0.521. The molecule has 0 aliphatic rings. The third-order valence-electron chi connectivity index (χ3n) is 2.22. The summed E-state index contributed by atoms with van der Waals surface area (Å²) in [6.45, 7) is 1.90. The van der Waals surface area contributed by atoms with Crippen LogP contribution in [0.4, 0.5) is 4.39 Å². The van der Waals surface area contributed by atoms with Gasteiger partial charge in [0.05, 0.1) is 12.2 Å². The van der Waals surface area contributed by atoms with Crippen molar-refractivity contribution < 1.29 is 4.39 Å². The second kappa shape index (κ2) is 3.62. The van der Waals surface area contributed by atoms with Crippen molar-refractivity contribution in [1.82, 2.24) is 9.78 Å². The summed E-state index contributed by atoms with van der Waals surface area (Å²) < 4.78 is 15.1. The summed E-state index contributed by atoms with van der Waals surface area (Å²) in [7, 11) is 0. The molecular formula is C11H10FN2. The molecule has 2 rings (SSSR count). The fourth-order valence-electron chi connectivity index (χ4n) is 1.41. The first-order valence-electron chi connectivity index (χ1n) is 4.43. The van der Waals surface area contributed by atoms with Crippen LogP contribution in [0.25, 0.3) is 0 Å². The Morgan fingerprint density at radius 1 is 1.43 bits per heavy atom. The smallest absolute Gasteiger partial charge is 0.128 e. The van der Waals surface area contributed by atoms with Gasteiger partial charge in [0.25, 0.3) is 0 Å². The quantitative estimate of drug-likeness (QED) is 0.709. The zero-order valence-electron chi connectivity index (χ0n) is 7.81. The molecule has 0 spiro atoms. The van der Waals surface area contributed by atoms with Crippen LogP contribution in [0.3, 0.4) is 0 Å². The molecule has 1 aromatic heterocycles. The molecule has 71 valence electrons. The third-order valence-corrected chi connectivity index (χ3v) is 2.22. The van der Waals surface area contributed by atoms with Crippen LogP contribution in [0.2, 0.25) is 0 Å². The van der Waals surface area contributed by atoms with E-state index in [1.165, 1.54) is 6.07 Å². The SMILES string of the molecule is CC(c1ccccc1F)n1c[c]cn1. The Morgan fingerprint density at radius 2 is 2.21 bits per heavy atom. The topological polar surface area (TPSA) is 17.8 Å². The van der Waals surface area contributed by atoms with Crippen molar-refractivity contribution >= 4 is 0 Å². The van der Waals surface area contributed by atoms with E-state index in [-0.39, 0.29) is 11.9 Å². The predicted molar refractivity (Wildman–Crippen MR) is 51.3 cm³/mol. The van der Waals surface area contributed by atoms with Gasteiger partial charge in [0.15, 0.2) is 0 Å². The van der Waals surface area contributed by atoms with Gasteiger partial charge in [0.1, 0.15) is 5.82 Å². The molecule has 0 saturated heterocycles. The summed E-state index contributed by atoms with van der Waals surface area (Å²) in [6, 6.07) is 9.46. The van der Waals surface area contributed by atoms with E-state index < -0.39 is 0 Å². The van der Waals surface area contributed by atoms with Gasteiger partial charge in [-0.05, 0) is 13.0 Å².